The Kier molecular flexibility index (Phi) is 5.04. The molecule has 0 bridgehead atoms. The van der Waals surface area contributed by atoms with E-state index < -0.39 is 5.91 Å². The van der Waals surface area contributed by atoms with Crippen LogP contribution < -0.4 is 20.7 Å². The van der Waals surface area contributed by atoms with Gasteiger partial charge in [-0.2, -0.15) is 0 Å². The lowest BCUT2D eigenvalue weighted by Crippen LogP contribution is -2.57. The van der Waals surface area contributed by atoms with Crippen molar-refractivity contribution in [1.82, 2.24) is 10.3 Å². The summed E-state index contributed by atoms with van der Waals surface area (Å²) in [5.41, 5.74) is 5.64. The van der Waals surface area contributed by atoms with E-state index in [0.717, 1.165) is 42.5 Å². The highest BCUT2D eigenvalue weighted by molar-refractivity contribution is 6.03. The molecule has 2 aliphatic rings. The van der Waals surface area contributed by atoms with Crippen LogP contribution in [0.1, 0.15) is 37.0 Å². The standard InChI is InChI=1S/C21H26N4O4/c1-13(2)29-17-10-15-14(9-16(17)19(22)27)3-6-23-20(15)25-7-4-21(5-8-25)12-24-18(26)11-28-21/h3,6,9-10,13H,4-5,7-8,11-12H2,1-2H3,(H2,22,27)(H,24,26). The van der Waals surface area contributed by atoms with Crippen molar-refractivity contribution >= 4 is 28.4 Å². The quantitative estimate of drug-likeness (QED) is 0.810. The van der Waals surface area contributed by atoms with Crippen LogP contribution in [-0.2, 0) is 9.53 Å². The second-order valence-corrected chi connectivity index (χ2v) is 7.97. The predicted octanol–water partition coefficient (Wildman–Crippen LogP) is 1.61. The third kappa shape index (κ3) is 3.85. The normalized spacial score (nSPS) is 18.9. The fourth-order valence-corrected chi connectivity index (χ4v) is 4.01. The Balaban J connectivity index is 1.64. The summed E-state index contributed by atoms with van der Waals surface area (Å²) in [5.74, 6) is 0.747. The van der Waals surface area contributed by atoms with Crippen LogP contribution in [0.15, 0.2) is 24.4 Å². The molecule has 1 aromatic carbocycles. The van der Waals surface area contributed by atoms with Gasteiger partial charge in [0, 0.05) is 31.2 Å². The maximum atomic E-state index is 11.9. The summed E-state index contributed by atoms with van der Waals surface area (Å²) in [7, 11) is 0. The molecule has 2 fully saturated rings. The zero-order valence-corrected chi connectivity index (χ0v) is 16.7. The number of nitrogens with zero attached hydrogens (tertiary/aromatic N) is 2. The van der Waals surface area contributed by atoms with Crippen molar-refractivity contribution in [3.8, 4) is 5.75 Å². The van der Waals surface area contributed by atoms with Gasteiger partial charge >= 0.3 is 0 Å². The highest BCUT2D eigenvalue weighted by Gasteiger charge is 2.39. The Hall–Kier alpha value is -2.87. The first-order valence-electron chi connectivity index (χ1n) is 9.92. The Morgan fingerprint density at radius 2 is 2.10 bits per heavy atom. The molecule has 4 rings (SSSR count). The van der Waals surface area contributed by atoms with Crippen molar-refractivity contribution in [3.05, 3.63) is 30.0 Å². The van der Waals surface area contributed by atoms with Crippen LogP contribution in [0.25, 0.3) is 10.8 Å². The van der Waals surface area contributed by atoms with Gasteiger partial charge in [-0.3, -0.25) is 9.59 Å². The molecule has 2 aromatic rings. The van der Waals surface area contributed by atoms with Crippen LogP contribution in [0.4, 0.5) is 5.82 Å². The molecule has 0 radical (unpaired) electrons. The molecule has 0 saturated carbocycles. The van der Waals surface area contributed by atoms with E-state index in [1.165, 1.54) is 0 Å². The van der Waals surface area contributed by atoms with Crippen molar-refractivity contribution in [2.45, 2.75) is 38.4 Å². The van der Waals surface area contributed by atoms with Gasteiger partial charge in [0.1, 0.15) is 18.2 Å². The zero-order chi connectivity index (χ0) is 20.6. The lowest BCUT2D eigenvalue weighted by atomic mass is 9.89. The molecule has 0 unspecified atom stereocenters. The van der Waals surface area contributed by atoms with Gasteiger partial charge < -0.3 is 25.4 Å². The minimum Gasteiger partial charge on any atom is -0.490 e. The lowest BCUT2D eigenvalue weighted by molar-refractivity contribution is -0.146. The molecule has 154 valence electrons. The number of nitrogens with one attached hydrogen (secondary N) is 1. The van der Waals surface area contributed by atoms with Crippen LogP contribution in [0.2, 0.25) is 0 Å². The number of fused-ring (bicyclic) bond motifs is 1. The maximum Gasteiger partial charge on any atom is 0.252 e. The number of ether oxygens (including phenoxy) is 2. The number of benzene rings is 1. The van der Waals surface area contributed by atoms with Crippen molar-refractivity contribution < 1.29 is 19.1 Å². The number of primary amides is 1. The molecule has 1 spiro atoms. The Morgan fingerprint density at radius 3 is 2.72 bits per heavy atom. The van der Waals surface area contributed by atoms with Gasteiger partial charge in [-0.15, -0.1) is 0 Å². The topological polar surface area (TPSA) is 107 Å². The number of carbonyl (C=O) groups excluding carboxylic acids is 2. The summed E-state index contributed by atoms with van der Waals surface area (Å²) < 4.78 is 11.7. The summed E-state index contributed by atoms with van der Waals surface area (Å²) in [6.45, 7) is 6.02. The van der Waals surface area contributed by atoms with E-state index in [-0.39, 0.29) is 24.2 Å². The molecule has 29 heavy (non-hydrogen) atoms. The van der Waals surface area contributed by atoms with Crippen molar-refractivity contribution in [2.75, 3.05) is 31.1 Å². The average Bonchev–Trinajstić information content (AvgIpc) is 2.70. The van der Waals surface area contributed by atoms with E-state index in [1.54, 1.807) is 12.3 Å². The van der Waals surface area contributed by atoms with Gasteiger partial charge in [-0.05, 0) is 50.3 Å². The number of rotatable bonds is 4. The lowest BCUT2D eigenvalue weighted by Gasteiger charge is -2.44. The summed E-state index contributed by atoms with van der Waals surface area (Å²) in [4.78, 5) is 30.1. The molecule has 3 heterocycles. The van der Waals surface area contributed by atoms with Crippen molar-refractivity contribution in [1.29, 1.82) is 0 Å². The molecule has 2 amide bonds. The monoisotopic (exact) mass is 398 g/mol. The molecular formula is C21H26N4O4. The van der Waals surface area contributed by atoms with E-state index in [4.69, 9.17) is 15.2 Å². The summed E-state index contributed by atoms with van der Waals surface area (Å²) in [6.07, 6.45) is 3.27. The van der Waals surface area contributed by atoms with Crippen LogP contribution in [0, 0.1) is 0 Å². The second-order valence-electron chi connectivity index (χ2n) is 7.97. The molecule has 1 aromatic heterocycles. The third-order valence-corrected chi connectivity index (χ3v) is 5.56. The predicted molar refractivity (Wildman–Crippen MR) is 109 cm³/mol. The number of nitrogens with two attached hydrogens (primary N) is 1. The number of hydrogen-bond donors (Lipinski definition) is 2. The van der Waals surface area contributed by atoms with Gasteiger partial charge in [-0.25, -0.2) is 4.98 Å². The van der Waals surface area contributed by atoms with E-state index in [2.05, 4.69) is 15.2 Å². The largest absolute Gasteiger partial charge is 0.490 e. The number of anilines is 1. The van der Waals surface area contributed by atoms with E-state index in [0.29, 0.717) is 17.9 Å². The second kappa shape index (κ2) is 7.51. The number of hydrogen-bond acceptors (Lipinski definition) is 6. The molecule has 0 aliphatic carbocycles. The molecule has 8 heteroatoms. The highest BCUT2D eigenvalue weighted by Crippen LogP contribution is 2.35. The molecule has 0 atom stereocenters. The van der Waals surface area contributed by atoms with E-state index >= 15 is 0 Å². The summed E-state index contributed by atoms with van der Waals surface area (Å²) in [5, 5.41) is 4.72. The maximum absolute atomic E-state index is 11.9. The van der Waals surface area contributed by atoms with Gasteiger partial charge in [0.2, 0.25) is 5.91 Å². The van der Waals surface area contributed by atoms with E-state index in [9.17, 15) is 9.59 Å². The first-order chi connectivity index (χ1) is 13.9. The number of aromatic nitrogens is 1. The SMILES string of the molecule is CC(C)Oc1cc2c(N3CCC4(CC3)CNC(=O)CO4)nccc2cc1C(N)=O. The number of morpholine rings is 1. The first-order valence-corrected chi connectivity index (χ1v) is 9.92. The minimum absolute atomic E-state index is 0.0586. The van der Waals surface area contributed by atoms with Crippen LogP contribution in [-0.4, -0.2) is 54.7 Å². The number of pyridine rings is 1. The first kappa shape index (κ1) is 19.4. The molecule has 3 N–H and O–H groups in total. The van der Waals surface area contributed by atoms with E-state index in [1.807, 2.05) is 26.0 Å². The van der Waals surface area contributed by atoms with Crippen molar-refractivity contribution in [3.63, 3.8) is 0 Å². The Bertz CT molecular complexity index is 939. The van der Waals surface area contributed by atoms with Crippen molar-refractivity contribution in [2.24, 2.45) is 5.73 Å². The number of piperidine rings is 1. The molecular weight excluding hydrogens is 372 g/mol. The van der Waals surface area contributed by atoms with Gasteiger partial charge in [0.15, 0.2) is 0 Å². The number of amides is 2. The fraction of sp³-hybridized carbons (Fsp3) is 0.476. The smallest absolute Gasteiger partial charge is 0.252 e. The zero-order valence-electron chi connectivity index (χ0n) is 16.7. The van der Waals surface area contributed by atoms with Gasteiger partial charge in [-0.1, -0.05) is 0 Å². The Labute approximate surface area is 169 Å². The third-order valence-electron chi connectivity index (χ3n) is 5.56. The van der Waals surface area contributed by atoms with Gasteiger partial charge in [0.05, 0.1) is 17.3 Å². The van der Waals surface area contributed by atoms with Crippen LogP contribution in [0.5, 0.6) is 5.75 Å². The summed E-state index contributed by atoms with van der Waals surface area (Å²) in [6, 6.07) is 5.50. The number of carbonyl (C=O) groups is 2. The van der Waals surface area contributed by atoms with Crippen LogP contribution in [0.3, 0.4) is 0 Å². The minimum atomic E-state index is -0.516. The molecule has 8 nitrogen and oxygen atoms in total. The molecule has 2 aliphatic heterocycles. The molecule has 2 saturated heterocycles. The van der Waals surface area contributed by atoms with Crippen LogP contribution >= 0.6 is 0 Å². The summed E-state index contributed by atoms with van der Waals surface area (Å²) >= 11 is 0. The Morgan fingerprint density at radius 1 is 1.34 bits per heavy atom. The fourth-order valence-electron chi connectivity index (χ4n) is 4.01. The highest BCUT2D eigenvalue weighted by atomic mass is 16.5. The average molecular weight is 398 g/mol. The van der Waals surface area contributed by atoms with Gasteiger partial charge in [0.25, 0.3) is 5.91 Å².